The number of ether oxygens (including phenoxy) is 1. The predicted molar refractivity (Wildman–Crippen MR) is 102 cm³/mol. The molecule has 3 atom stereocenters. The Balaban J connectivity index is 2.71. The van der Waals surface area contributed by atoms with Gasteiger partial charge in [0.2, 0.25) is 5.91 Å². The van der Waals surface area contributed by atoms with Crippen molar-refractivity contribution >= 4 is 18.0 Å². The number of carbonyl (C=O) groups is 3. The van der Waals surface area contributed by atoms with Gasteiger partial charge in [-0.2, -0.15) is 0 Å². The fourth-order valence-electron chi connectivity index (χ4n) is 2.55. The van der Waals surface area contributed by atoms with Crippen LogP contribution in [0.5, 0.6) is 0 Å². The summed E-state index contributed by atoms with van der Waals surface area (Å²) in [5.41, 5.74) is 0.834. The van der Waals surface area contributed by atoms with Crippen LogP contribution in [0.1, 0.15) is 46.1 Å². The van der Waals surface area contributed by atoms with Gasteiger partial charge >= 0.3 is 12.1 Å². The second-order valence-electron chi connectivity index (χ2n) is 7.10. The molecule has 0 aliphatic heterocycles. The lowest BCUT2D eigenvalue weighted by Crippen LogP contribution is -2.53. The molecule has 1 aromatic carbocycles. The van der Waals surface area contributed by atoms with Gasteiger partial charge in [0.05, 0.1) is 0 Å². The van der Waals surface area contributed by atoms with Crippen LogP contribution < -0.4 is 10.6 Å². The van der Waals surface area contributed by atoms with Crippen LogP contribution in [0.15, 0.2) is 30.3 Å². The van der Waals surface area contributed by atoms with Crippen LogP contribution in [0.3, 0.4) is 0 Å². The van der Waals surface area contributed by atoms with Gasteiger partial charge in [-0.1, -0.05) is 64.4 Å². The lowest BCUT2D eigenvalue weighted by molar-refractivity contribution is -0.143. The van der Waals surface area contributed by atoms with Crippen LogP contribution in [0.2, 0.25) is 0 Å². The van der Waals surface area contributed by atoms with Crippen LogP contribution >= 0.6 is 0 Å². The third-order valence-electron chi connectivity index (χ3n) is 4.31. The van der Waals surface area contributed by atoms with Gasteiger partial charge in [0.25, 0.3) is 0 Å². The number of alkyl carbamates (subject to hydrolysis) is 1. The van der Waals surface area contributed by atoms with Gasteiger partial charge in [0, 0.05) is 0 Å². The highest BCUT2D eigenvalue weighted by Gasteiger charge is 2.30. The normalized spacial score (nSPS) is 14.1. The summed E-state index contributed by atoms with van der Waals surface area (Å²) in [7, 11) is 0. The second kappa shape index (κ2) is 11.2. The third-order valence-corrected chi connectivity index (χ3v) is 4.31. The monoisotopic (exact) mass is 378 g/mol. The number of carboxylic acids is 1. The minimum Gasteiger partial charge on any atom is -0.480 e. The zero-order valence-electron chi connectivity index (χ0n) is 16.4. The molecule has 3 N–H and O–H groups in total. The van der Waals surface area contributed by atoms with Crippen LogP contribution in [0.4, 0.5) is 4.79 Å². The molecule has 27 heavy (non-hydrogen) atoms. The van der Waals surface area contributed by atoms with Gasteiger partial charge in [0.1, 0.15) is 18.7 Å². The summed E-state index contributed by atoms with van der Waals surface area (Å²) in [5.74, 6) is -1.71. The molecule has 7 nitrogen and oxygen atoms in total. The molecule has 0 fully saturated rings. The minimum atomic E-state index is -1.09. The Morgan fingerprint density at radius 1 is 1.07 bits per heavy atom. The molecule has 0 spiro atoms. The Hall–Kier alpha value is -2.57. The number of carbonyl (C=O) groups excluding carboxylic acids is 2. The molecule has 0 heterocycles. The predicted octanol–water partition coefficient (Wildman–Crippen LogP) is 2.94. The maximum absolute atomic E-state index is 12.6. The highest BCUT2D eigenvalue weighted by atomic mass is 16.5. The van der Waals surface area contributed by atoms with E-state index in [1.165, 1.54) is 0 Å². The third kappa shape index (κ3) is 8.11. The maximum Gasteiger partial charge on any atom is 0.408 e. The summed E-state index contributed by atoms with van der Waals surface area (Å²) >= 11 is 0. The van der Waals surface area contributed by atoms with Gasteiger partial charge in [-0.3, -0.25) is 4.79 Å². The molecule has 0 bridgehead atoms. The van der Waals surface area contributed by atoms with Crippen molar-refractivity contribution in [3.63, 3.8) is 0 Å². The zero-order chi connectivity index (χ0) is 20.4. The summed E-state index contributed by atoms with van der Waals surface area (Å²) in [5, 5.41) is 14.4. The van der Waals surface area contributed by atoms with Gasteiger partial charge in [0.15, 0.2) is 0 Å². The number of aliphatic carboxylic acids is 1. The number of hydrogen-bond acceptors (Lipinski definition) is 4. The van der Waals surface area contributed by atoms with Crippen LogP contribution in [-0.2, 0) is 20.9 Å². The van der Waals surface area contributed by atoms with Gasteiger partial charge in [-0.15, -0.1) is 0 Å². The van der Waals surface area contributed by atoms with E-state index in [1.54, 1.807) is 6.92 Å². The Kier molecular flexibility index (Phi) is 9.33. The average molecular weight is 378 g/mol. The zero-order valence-corrected chi connectivity index (χ0v) is 16.4. The van der Waals surface area contributed by atoms with Gasteiger partial charge in [-0.05, 0) is 23.8 Å². The van der Waals surface area contributed by atoms with Crippen LogP contribution in [0, 0.1) is 11.8 Å². The van der Waals surface area contributed by atoms with E-state index >= 15 is 0 Å². The Labute approximate surface area is 160 Å². The summed E-state index contributed by atoms with van der Waals surface area (Å²) in [6, 6.07) is 7.34. The largest absolute Gasteiger partial charge is 0.480 e. The highest BCUT2D eigenvalue weighted by molar-refractivity contribution is 5.89. The molecule has 7 heteroatoms. The van der Waals surface area contributed by atoms with E-state index in [0.29, 0.717) is 12.8 Å². The molecular formula is C20H30N2O5. The van der Waals surface area contributed by atoms with Crippen molar-refractivity contribution < 1.29 is 24.2 Å². The smallest absolute Gasteiger partial charge is 0.408 e. The number of hydrogen-bond donors (Lipinski definition) is 3. The van der Waals surface area contributed by atoms with Crippen molar-refractivity contribution in [1.82, 2.24) is 10.6 Å². The van der Waals surface area contributed by atoms with Crippen molar-refractivity contribution in [2.24, 2.45) is 11.8 Å². The number of rotatable bonds is 10. The summed E-state index contributed by atoms with van der Waals surface area (Å²) < 4.78 is 5.16. The molecule has 0 aliphatic carbocycles. The Morgan fingerprint density at radius 3 is 2.22 bits per heavy atom. The summed E-state index contributed by atoms with van der Waals surface area (Å²) in [6.45, 7) is 7.55. The lowest BCUT2D eigenvalue weighted by Gasteiger charge is -2.25. The van der Waals surface area contributed by atoms with Crippen molar-refractivity contribution in [3.05, 3.63) is 35.9 Å². The first kappa shape index (κ1) is 22.5. The van der Waals surface area contributed by atoms with Crippen molar-refractivity contribution in [2.45, 2.75) is 59.2 Å². The lowest BCUT2D eigenvalue weighted by atomic mass is 9.97. The molecule has 0 saturated heterocycles. The topological polar surface area (TPSA) is 105 Å². The van der Waals surface area contributed by atoms with E-state index in [2.05, 4.69) is 10.6 Å². The first-order valence-electron chi connectivity index (χ1n) is 9.24. The van der Waals surface area contributed by atoms with Gasteiger partial charge < -0.3 is 20.5 Å². The maximum atomic E-state index is 12.6. The van der Waals surface area contributed by atoms with E-state index in [0.717, 1.165) is 5.56 Å². The molecule has 0 saturated carbocycles. The quantitative estimate of drug-likeness (QED) is 0.581. The number of carboxylic acid groups (broad SMARTS) is 1. The summed E-state index contributed by atoms with van der Waals surface area (Å²) in [6.07, 6.45) is 0.271. The second-order valence-corrected chi connectivity index (χ2v) is 7.10. The first-order chi connectivity index (χ1) is 12.7. The van der Waals surface area contributed by atoms with Crippen LogP contribution in [-0.4, -0.2) is 35.2 Å². The molecule has 1 rings (SSSR count). The van der Waals surface area contributed by atoms with E-state index in [1.807, 2.05) is 51.1 Å². The molecule has 150 valence electrons. The molecular weight excluding hydrogens is 348 g/mol. The van der Waals surface area contributed by atoms with Crippen molar-refractivity contribution in [1.29, 1.82) is 0 Å². The van der Waals surface area contributed by atoms with Gasteiger partial charge in [-0.25, -0.2) is 9.59 Å². The minimum absolute atomic E-state index is 0.0906. The number of amides is 2. The fourth-order valence-corrected chi connectivity index (χ4v) is 2.55. The average Bonchev–Trinajstić information content (AvgIpc) is 2.63. The molecule has 0 aromatic heterocycles. The SMILES string of the molecule is CCC(C)[C@H](NC(=O)C(CC(C)C)NC(=O)OCc1ccccc1)C(=O)O. The molecule has 0 radical (unpaired) electrons. The first-order valence-corrected chi connectivity index (χ1v) is 9.24. The fraction of sp³-hybridized carbons (Fsp3) is 0.550. The number of nitrogens with one attached hydrogen (secondary N) is 2. The molecule has 0 aliphatic rings. The van der Waals surface area contributed by atoms with E-state index in [9.17, 15) is 19.5 Å². The van der Waals surface area contributed by atoms with E-state index in [4.69, 9.17) is 4.74 Å². The standard InChI is InChI=1S/C20H30N2O5/c1-5-14(4)17(19(24)25)22-18(23)16(11-13(2)3)21-20(26)27-12-15-9-7-6-8-10-15/h6-10,13-14,16-17H,5,11-12H2,1-4H3,(H,21,26)(H,22,23)(H,24,25)/t14?,16?,17-/m0/s1. The van der Waals surface area contributed by atoms with E-state index < -0.39 is 30.1 Å². The Morgan fingerprint density at radius 2 is 1.70 bits per heavy atom. The number of benzene rings is 1. The molecule has 2 amide bonds. The Bertz CT molecular complexity index is 618. The van der Waals surface area contributed by atoms with E-state index in [-0.39, 0.29) is 18.4 Å². The summed E-state index contributed by atoms with van der Waals surface area (Å²) in [4.78, 5) is 36.1. The molecule has 1 aromatic rings. The highest BCUT2D eigenvalue weighted by Crippen LogP contribution is 2.11. The van der Waals surface area contributed by atoms with Crippen LogP contribution in [0.25, 0.3) is 0 Å². The van der Waals surface area contributed by atoms with Crippen molar-refractivity contribution in [3.8, 4) is 0 Å². The van der Waals surface area contributed by atoms with Crippen molar-refractivity contribution in [2.75, 3.05) is 0 Å². The molecule has 2 unspecified atom stereocenters.